The fourth-order valence-corrected chi connectivity index (χ4v) is 4.42. The predicted molar refractivity (Wildman–Crippen MR) is 131 cm³/mol. The number of cyclic esters (lactones) is 1. The number of hydrogen-bond acceptors (Lipinski definition) is 10. The molecule has 12 nitrogen and oxygen atoms in total. The number of methoxy groups -OCH3 is 1. The highest BCUT2D eigenvalue weighted by Crippen LogP contribution is 2.35. The SMILES string of the molecule is COc1cc(O)c2c(c1C)C(=O)OC[C@H](NC(=O)OC(C)(C)C)C(=O)N[C@@H](C(=O)NCCO)CSC2. The van der Waals surface area contributed by atoms with E-state index in [2.05, 4.69) is 16.0 Å². The number of phenolic OH excluding ortho intramolecular Hbond substituents is 1. The van der Waals surface area contributed by atoms with E-state index in [9.17, 15) is 24.3 Å². The Hall–Kier alpha value is -3.19. The second-order valence-electron chi connectivity index (χ2n) is 8.96. The number of ether oxygens (including phenoxy) is 3. The molecule has 1 aromatic rings. The van der Waals surface area contributed by atoms with Crippen molar-refractivity contribution in [3.05, 3.63) is 22.8 Å². The van der Waals surface area contributed by atoms with Crippen molar-refractivity contribution in [2.24, 2.45) is 0 Å². The fourth-order valence-electron chi connectivity index (χ4n) is 3.33. The third-order valence-corrected chi connectivity index (χ3v) is 6.07. The second-order valence-corrected chi connectivity index (χ2v) is 9.99. The summed E-state index contributed by atoms with van der Waals surface area (Å²) in [4.78, 5) is 51.1. The van der Waals surface area contributed by atoms with E-state index in [4.69, 9.17) is 19.3 Å². The van der Waals surface area contributed by atoms with Gasteiger partial charge in [0.25, 0.3) is 0 Å². The highest BCUT2D eigenvalue weighted by atomic mass is 32.2. The summed E-state index contributed by atoms with van der Waals surface area (Å²) in [6, 6.07) is -1.05. The number of amides is 3. The maximum absolute atomic E-state index is 13.1. The van der Waals surface area contributed by atoms with Gasteiger partial charge in [0.05, 0.1) is 19.3 Å². The molecule has 1 aromatic carbocycles. The van der Waals surface area contributed by atoms with E-state index in [0.29, 0.717) is 5.56 Å². The number of rotatable bonds is 5. The Morgan fingerprint density at radius 3 is 2.61 bits per heavy atom. The zero-order valence-corrected chi connectivity index (χ0v) is 21.7. The third-order valence-electron chi connectivity index (χ3n) is 5.01. The van der Waals surface area contributed by atoms with E-state index in [0.717, 1.165) is 0 Å². The molecular weight excluding hydrogens is 494 g/mol. The molecule has 0 bridgehead atoms. The number of aliphatic hydroxyl groups is 1. The average molecular weight is 528 g/mol. The molecule has 0 radical (unpaired) electrons. The summed E-state index contributed by atoms with van der Waals surface area (Å²) in [5.74, 6) is -1.87. The lowest BCUT2D eigenvalue weighted by molar-refractivity contribution is -0.130. The van der Waals surface area contributed by atoms with Crippen molar-refractivity contribution in [2.75, 3.05) is 32.6 Å². The number of thioether (sulfide) groups is 1. The van der Waals surface area contributed by atoms with Crippen LogP contribution in [0.1, 0.15) is 42.3 Å². The highest BCUT2D eigenvalue weighted by molar-refractivity contribution is 7.98. The van der Waals surface area contributed by atoms with Crippen LogP contribution in [0.15, 0.2) is 6.07 Å². The van der Waals surface area contributed by atoms with Crippen molar-refractivity contribution in [1.29, 1.82) is 0 Å². The van der Waals surface area contributed by atoms with E-state index in [1.807, 2.05) is 0 Å². The number of hydrogen-bond donors (Lipinski definition) is 5. The van der Waals surface area contributed by atoms with Gasteiger partial charge in [-0.15, -0.1) is 0 Å². The third kappa shape index (κ3) is 7.92. The Morgan fingerprint density at radius 2 is 2.00 bits per heavy atom. The number of phenols is 1. The highest BCUT2D eigenvalue weighted by Gasteiger charge is 2.32. The van der Waals surface area contributed by atoms with Crippen molar-refractivity contribution in [2.45, 2.75) is 51.1 Å². The molecule has 5 N–H and O–H groups in total. The van der Waals surface area contributed by atoms with E-state index >= 15 is 0 Å². The average Bonchev–Trinajstić information content (AvgIpc) is 2.79. The Kier molecular flexibility index (Phi) is 10.2. The van der Waals surface area contributed by atoms with Crippen LogP contribution < -0.4 is 20.7 Å². The molecular formula is C23H33N3O9S. The van der Waals surface area contributed by atoms with Crippen LogP contribution >= 0.6 is 11.8 Å². The summed E-state index contributed by atoms with van der Waals surface area (Å²) < 4.78 is 15.8. The molecule has 0 saturated heterocycles. The van der Waals surface area contributed by atoms with Crippen LogP contribution in [-0.2, 0) is 24.8 Å². The molecule has 0 unspecified atom stereocenters. The van der Waals surface area contributed by atoms with Crippen LogP contribution in [0.3, 0.4) is 0 Å². The maximum atomic E-state index is 13.1. The van der Waals surface area contributed by atoms with Crippen LogP contribution in [0.5, 0.6) is 11.5 Å². The summed E-state index contributed by atoms with van der Waals surface area (Å²) in [7, 11) is 1.39. The van der Waals surface area contributed by atoms with E-state index in [-0.39, 0.29) is 47.3 Å². The first-order valence-electron chi connectivity index (χ1n) is 11.2. The lowest BCUT2D eigenvalue weighted by atomic mass is 10.0. The summed E-state index contributed by atoms with van der Waals surface area (Å²) in [6.45, 7) is 5.68. The lowest BCUT2D eigenvalue weighted by Crippen LogP contribution is -2.56. The number of aliphatic hydroxyl groups excluding tert-OH is 1. The molecule has 0 spiro atoms. The van der Waals surface area contributed by atoms with Gasteiger partial charge in [0.2, 0.25) is 11.8 Å². The molecule has 200 valence electrons. The van der Waals surface area contributed by atoms with Gasteiger partial charge in [0, 0.05) is 35.2 Å². The monoisotopic (exact) mass is 527 g/mol. The molecule has 1 aliphatic rings. The summed E-state index contributed by atoms with van der Waals surface area (Å²) in [5, 5.41) is 27.0. The molecule has 0 fully saturated rings. The molecule has 0 aliphatic carbocycles. The molecule has 0 aromatic heterocycles. The molecule has 13 heteroatoms. The van der Waals surface area contributed by atoms with Gasteiger partial charge in [-0.05, 0) is 27.7 Å². The predicted octanol–water partition coefficient (Wildman–Crippen LogP) is 0.599. The minimum atomic E-state index is -1.38. The molecule has 1 heterocycles. The molecule has 36 heavy (non-hydrogen) atoms. The maximum Gasteiger partial charge on any atom is 0.408 e. The molecule has 2 rings (SSSR count). The van der Waals surface area contributed by atoms with Gasteiger partial charge < -0.3 is 40.4 Å². The standard InChI is InChI=1S/C23H33N3O9S/c1-12-17(33-5)8-16(28)13-10-36-11-15(19(29)24-6-7-27)25-20(30)14(9-34-21(31)18(12)13)26-22(32)35-23(2,3)4/h8,14-15,27-28H,6-7,9-11H2,1-5H3,(H,24,29)(H,25,30)(H,26,32)/t14-,15+/m0/s1. The molecule has 1 aliphatic heterocycles. The first-order chi connectivity index (χ1) is 16.9. The van der Waals surface area contributed by atoms with Gasteiger partial charge in [0.1, 0.15) is 35.8 Å². The first kappa shape index (κ1) is 29.0. The normalized spacial score (nSPS) is 18.9. The number of esters is 1. The van der Waals surface area contributed by atoms with E-state index in [1.54, 1.807) is 27.7 Å². The number of fused-ring (bicyclic) bond motifs is 1. The fraction of sp³-hybridized carbons (Fsp3) is 0.565. The number of alkyl carbamates (subject to hydrolysis) is 1. The first-order valence-corrected chi connectivity index (χ1v) is 12.4. The number of carbonyl (C=O) groups excluding carboxylic acids is 4. The smallest absolute Gasteiger partial charge is 0.408 e. The zero-order valence-electron chi connectivity index (χ0n) is 20.9. The number of carbonyl (C=O) groups is 4. The number of nitrogens with one attached hydrogen (secondary N) is 3. The Bertz CT molecular complexity index is 994. The number of aromatic hydroxyl groups is 1. The summed E-state index contributed by atoms with van der Waals surface area (Å²) in [5.41, 5.74) is -0.0823. The second kappa shape index (κ2) is 12.7. The van der Waals surface area contributed by atoms with E-state index in [1.165, 1.54) is 24.9 Å². The van der Waals surface area contributed by atoms with Gasteiger partial charge in [-0.3, -0.25) is 9.59 Å². The van der Waals surface area contributed by atoms with Gasteiger partial charge in [0.15, 0.2) is 0 Å². The Balaban J connectivity index is 2.44. The Morgan fingerprint density at radius 1 is 1.31 bits per heavy atom. The van der Waals surface area contributed by atoms with Crippen molar-refractivity contribution in [3.63, 3.8) is 0 Å². The van der Waals surface area contributed by atoms with Gasteiger partial charge in [-0.1, -0.05) is 0 Å². The topological polar surface area (TPSA) is 173 Å². The van der Waals surface area contributed by atoms with Gasteiger partial charge in [-0.25, -0.2) is 9.59 Å². The van der Waals surface area contributed by atoms with Crippen LogP contribution in [-0.4, -0.2) is 84.4 Å². The molecule has 3 amide bonds. The molecule has 0 saturated carbocycles. The molecule has 2 atom stereocenters. The van der Waals surface area contributed by atoms with Gasteiger partial charge >= 0.3 is 12.1 Å². The van der Waals surface area contributed by atoms with Crippen LogP contribution in [0, 0.1) is 6.92 Å². The van der Waals surface area contributed by atoms with Crippen LogP contribution in [0.4, 0.5) is 4.79 Å². The van der Waals surface area contributed by atoms with Crippen molar-refractivity contribution >= 4 is 35.6 Å². The lowest BCUT2D eigenvalue weighted by Gasteiger charge is -2.26. The van der Waals surface area contributed by atoms with Crippen molar-refractivity contribution < 1.29 is 43.6 Å². The van der Waals surface area contributed by atoms with Gasteiger partial charge in [-0.2, -0.15) is 11.8 Å². The minimum absolute atomic E-state index is 0.0182. The van der Waals surface area contributed by atoms with E-state index < -0.39 is 48.2 Å². The quantitative estimate of drug-likeness (QED) is 0.341. The van der Waals surface area contributed by atoms with Crippen LogP contribution in [0.25, 0.3) is 0 Å². The summed E-state index contributed by atoms with van der Waals surface area (Å²) in [6.07, 6.45) is -0.919. The van der Waals surface area contributed by atoms with Crippen molar-refractivity contribution in [3.8, 4) is 11.5 Å². The largest absolute Gasteiger partial charge is 0.507 e. The number of benzene rings is 1. The van der Waals surface area contributed by atoms with Crippen molar-refractivity contribution in [1.82, 2.24) is 16.0 Å². The summed E-state index contributed by atoms with van der Waals surface area (Å²) >= 11 is 1.19. The van der Waals surface area contributed by atoms with Crippen LogP contribution in [0.2, 0.25) is 0 Å². The Labute approximate surface area is 213 Å². The zero-order chi connectivity index (χ0) is 27.0. The minimum Gasteiger partial charge on any atom is -0.507 e.